The van der Waals surface area contributed by atoms with E-state index in [1.165, 1.54) is 11.3 Å². The minimum atomic E-state index is 0.795. The number of anilines is 1. The van der Waals surface area contributed by atoms with Crippen LogP contribution < -0.4 is 4.90 Å². The zero-order valence-corrected chi connectivity index (χ0v) is 14.9. The maximum atomic E-state index is 4.73. The second-order valence-electron chi connectivity index (χ2n) is 4.56. The number of rotatable bonds is 4. The molecule has 0 aliphatic carbocycles. The number of thiazole rings is 1. The van der Waals surface area contributed by atoms with Crippen molar-refractivity contribution in [3.05, 3.63) is 51.6 Å². The van der Waals surface area contributed by atoms with E-state index in [4.69, 9.17) is 4.98 Å². The Kier molecular flexibility index (Phi) is 4.14. The van der Waals surface area contributed by atoms with Crippen LogP contribution in [0.1, 0.15) is 11.3 Å². The van der Waals surface area contributed by atoms with Crippen LogP contribution in [0.4, 0.5) is 5.82 Å². The van der Waals surface area contributed by atoms with Gasteiger partial charge in [0.15, 0.2) is 10.8 Å². The molecule has 2 heterocycles. The summed E-state index contributed by atoms with van der Waals surface area (Å²) in [5.41, 5.74) is 2.46. The molecule has 0 aliphatic heterocycles. The van der Waals surface area contributed by atoms with Crippen LogP contribution in [-0.2, 0) is 11.9 Å². The molecule has 0 saturated heterocycles. The molecule has 0 unspecified atom stereocenters. The minimum Gasteiger partial charge on any atom is -0.354 e. The van der Waals surface area contributed by atoms with Crippen LogP contribution in [-0.4, -0.2) is 16.4 Å². The highest BCUT2D eigenvalue weighted by Gasteiger charge is 2.15. The molecule has 20 heavy (non-hydrogen) atoms. The predicted octanol–water partition coefficient (Wildman–Crippen LogP) is 4.69. The van der Waals surface area contributed by atoms with E-state index in [0.717, 1.165) is 27.1 Å². The molecular weight excluding hydrogens is 402 g/mol. The van der Waals surface area contributed by atoms with E-state index >= 15 is 0 Å². The zero-order valence-electron chi connectivity index (χ0n) is 10.9. The Hall–Kier alpha value is -0.850. The Labute approximate surface area is 138 Å². The molecule has 0 fully saturated rings. The number of nitrogens with zero attached hydrogens (tertiary/aromatic N) is 3. The van der Waals surface area contributed by atoms with Gasteiger partial charge in [-0.1, -0.05) is 44.0 Å². The second-order valence-corrected chi connectivity index (χ2v) is 6.91. The van der Waals surface area contributed by atoms with Gasteiger partial charge in [-0.15, -0.1) is 11.3 Å². The van der Waals surface area contributed by atoms with Gasteiger partial charge in [0.05, 0.1) is 5.69 Å². The summed E-state index contributed by atoms with van der Waals surface area (Å²) in [7, 11) is 2.08. The Morgan fingerprint density at radius 1 is 1.40 bits per heavy atom. The van der Waals surface area contributed by atoms with Gasteiger partial charge in [0.1, 0.15) is 0 Å². The fourth-order valence-corrected chi connectivity index (χ4v) is 3.93. The third kappa shape index (κ3) is 2.64. The van der Waals surface area contributed by atoms with E-state index in [1.54, 1.807) is 11.3 Å². The lowest BCUT2D eigenvalue weighted by molar-refractivity contribution is 0.895. The van der Waals surface area contributed by atoms with Gasteiger partial charge in [0, 0.05) is 35.0 Å². The standard InChI is InChI=1S/C14H13Br2N3S/c1-18(9-10-3-2-4-11(16)7-10)13-12(8-15)19-5-6-20-14(19)17-13/h2-7H,8-9H2,1H3. The highest BCUT2D eigenvalue weighted by Crippen LogP contribution is 2.27. The topological polar surface area (TPSA) is 20.5 Å². The Bertz CT molecular complexity index is 735. The number of fused-ring (bicyclic) bond motifs is 1. The van der Waals surface area contributed by atoms with Gasteiger partial charge in [-0.3, -0.25) is 4.40 Å². The van der Waals surface area contributed by atoms with Gasteiger partial charge in [0.2, 0.25) is 0 Å². The molecule has 0 saturated carbocycles. The molecule has 0 bridgehead atoms. The predicted molar refractivity (Wildman–Crippen MR) is 91.9 cm³/mol. The first-order valence-electron chi connectivity index (χ1n) is 6.15. The van der Waals surface area contributed by atoms with Gasteiger partial charge in [-0.25, -0.2) is 4.98 Å². The number of alkyl halides is 1. The van der Waals surface area contributed by atoms with E-state index in [0.29, 0.717) is 0 Å². The lowest BCUT2D eigenvalue weighted by atomic mass is 10.2. The fraction of sp³-hybridized carbons (Fsp3) is 0.214. The summed E-state index contributed by atoms with van der Waals surface area (Å²) in [6.07, 6.45) is 2.07. The molecule has 0 radical (unpaired) electrons. The average Bonchev–Trinajstić information content (AvgIpc) is 2.98. The summed E-state index contributed by atoms with van der Waals surface area (Å²) in [6, 6.07) is 8.38. The summed E-state index contributed by atoms with van der Waals surface area (Å²) in [5, 5.41) is 2.86. The van der Waals surface area contributed by atoms with Crippen molar-refractivity contribution in [3.8, 4) is 0 Å². The van der Waals surface area contributed by atoms with Crippen LogP contribution in [0.15, 0.2) is 40.3 Å². The summed E-state index contributed by atoms with van der Waals surface area (Å²) in [6.45, 7) is 0.838. The first kappa shape index (κ1) is 14.1. The first-order chi connectivity index (χ1) is 9.69. The molecule has 0 amide bonds. The Morgan fingerprint density at radius 2 is 2.25 bits per heavy atom. The van der Waals surface area contributed by atoms with Crippen molar-refractivity contribution >= 4 is 54.0 Å². The van der Waals surface area contributed by atoms with Crippen LogP contribution in [0.3, 0.4) is 0 Å². The molecule has 3 nitrogen and oxygen atoms in total. The number of hydrogen-bond donors (Lipinski definition) is 0. The molecule has 3 rings (SSSR count). The largest absolute Gasteiger partial charge is 0.354 e. The molecular formula is C14H13Br2N3S. The third-order valence-electron chi connectivity index (χ3n) is 3.14. The maximum Gasteiger partial charge on any atom is 0.195 e. The molecule has 0 N–H and O–H groups in total. The van der Waals surface area contributed by atoms with Crippen LogP contribution in [0, 0.1) is 0 Å². The normalized spacial score (nSPS) is 11.2. The quantitative estimate of drug-likeness (QED) is 0.577. The Balaban J connectivity index is 1.92. The number of aromatic nitrogens is 2. The van der Waals surface area contributed by atoms with Crippen LogP contribution in [0.5, 0.6) is 0 Å². The fourth-order valence-electron chi connectivity index (χ4n) is 2.24. The van der Waals surface area contributed by atoms with Crippen molar-refractivity contribution in [1.82, 2.24) is 9.38 Å². The van der Waals surface area contributed by atoms with Gasteiger partial charge in [-0.05, 0) is 17.7 Å². The van der Waals surface area contributed by atoms with Crippen molar-refractivity contribution < 1.29 is 0 Å². The van der Waals surface area contributed by atoms with Crippen molar-refractivity contribution in [3.63, 3.8) is 0 Å². The van der Waals surface area contributed by atoms with Crippen molar-refractivity contribution in [2.75, 3.05) is 11.9 Å². The van der Waals surface area contributed by atoms with E-state index in [1.807, 2.05) is 6.07 Å². The SMILES string of the molecule is CN(Cc1cccc(Br)c1)c1nc2sccn2c1CBr. The van der Waals surface area contributed by atoms with E-state index in [-0.39, 0.29) is 0 Å². The number of hydrogen-bond acceptors (Lipinski definition) is 3. The van der Waals surface area contributed by atoms with Crippen LogP contribution in [0.2, 0.25) is 0 Å². The lowest BCUT2D eigenvalue weighted by Crippen LogP contribution is -2.18. The molecule has 0 aliphatic rings. The van der Waals surface area contributed by atoms with E-state index in [9.17, 15) is 0 Å². The van der Waals surface area contributed by atoms with E-state index < -0.39 is 0 Å². The monoisotopic (exact) mass is 413 g/mol. The highest BCUT2D eigenvalue weighted by molar-refractivity contribution is 9.10. The third-order valence-corrected chi connectivity index (χ3v) is 4.92. The average molecular weight is 415 g/mol. The van der Waals surface area contributed by atoms with Gasteiger partial charge in [0.25, 0.3) is 0 Å². The molecule has 6 heteroatoms. The second kappa shape index (κ2) is 5.87. The molecule has 3 aromatic rings. The Morgan fingerprint density at radius 3 is 3.00 bits per heavy atom. The molecule has 104 valence electrons. The minimum absolute atomic E-state index is 0.795. The highest BCUT2D eigenvalue weighted by atomic mass is 79.9. The summed E-state index contributed by atoms with van der Waals surface area (Å²) < 4.78 is 3.25. The molecule has 1 aromatic carbocycles. The molecule has 0 spiro atoms. The number of imidazole rings is 1. The zero-order chi connectivity index (χ0) is 14.1. The van der Waals surface area contributed by atoms with Crippen molar-refractivity contribution in [2.24, 2.45) is 0 Å². The summed E-state index contributed by atoms with van der Waals surface area (Å²) in [5.74, 6) is 1.04. The van der Waals surface area contributed by atoms with Crippen LogP contribution >= 0.6 is 43.2 Å². The summed E-state index contributed by atoms with van der Waals surface area (Å²) in [4.78, 5) is 7.96. The van der Waals surface area contributed by atoms with Gasteiger partial charge < -0.3 is 4.90 Å². The number of halogens is 2. The van der Waals surface area contributed by atoms with Crippen molar-refractivity contribution in [2.45, 2.75) is 11.9 Å². The van der Waals surface area contributed by atoms with Crippen LogP contribution in [0.25, 0.3) is 4.96 Å². The first-order valence-corrected chi connectivity index (χ1v) is 8.94. The number of benzene rings is 1. The molecule has 2 aromatic heterocycles. The van der Waals surface area contributed by atoms with E-state index in [2.05, 4.69) is 78.0 Å². The lowest BCUT2D eigenvalue weighted by Gasteiger charge is -2.18. The van der Waals surface area contributed by atoms with Gasteiger partial charge in [-0.2, -0.15) is 0 Å². The smallest absolute Gasteiger partial charge is 0.195 e. The molecule has 0 atom stereocenters. The maximum absolute atomic E-state index is 4.73. The van der Waals surface area contributed by atoms with Gasteiger partial charge >= 0.3 is 0 Å². The summed E-state index contributed by atoms with van der Waals surface area (Å²) >= 11 is 8.74. The van der Waals surface area contributed by atoms with Crippen molar-refractivity contribution in [1.29, 1.82) is 0 Å².